The zero-order valence-corrected chi connectivity index (χ0v) is 11.9. The van der Waals surface area contributed by atoms with Crippen LogP contribution in [-0.4, -0.2) is 18.3 Å². The van der Waals surface area contributed by atoms with Crippen LogP contribution in [0.1, 0.15) is 38.8 Å². The van der Waals surface area contributed by atoms with Crippen LogP contribution in [0.25, 0.3) is 0 Å². The Labute approximate surface area is 113 Å². The molecule has 100 valence electrons. The molecule has 0 N–H and O–H groups in total. The average Bonchev–Trinajstić information content (AvgIpc) is 2.51. The highest BCUT2D eigenvalue weighted by Gasteiger charge is 2.52. The van der Waals surface area contributed by atoms with Crippen molar-refractivity contribution in [2.24, 2.45) is 0 Å². The van der Waals surface area contributed by atoms with E-state index in [1.54, 1.807) is 13.0 Å². The molecule has 19 heavy (non-hydrogen) atoms. The second-order valence-corrected chi connectivity index (χ2v) is 5.84. The molecule has 3 nitrogen and oxygen atoms in total. The maximum absolute atomic E-state index is 13.5. The highest BCUT2D eigenvalue weighted by Crippen LogP contribution is 2.36. The molecule has 1 aromatic carbocycles. The summed E-state index contributed by atoms with van der Waals surface area (Å²) in [6, 6.07) is 4.94. The van der Waals surface area contributed by atoms with Crippen LogP contribution in [-0.2, 0) is 9.31 Å². The Bertz CT molecular complexity index is 547. The maximum atomic E-state index is 13.5. The minimum atomic E-state index is -0.640. The third-order valence-electron chi connectivity index (χ3n) is 4.05. The molecule has 0 atom stereocenters. The molecule has 0 spiro atoms. The Balaban J connectivity index is 2.47. The molecular formula is C14H17BFNO2. The minimum Gasteiger partial charge on any atom is -0.399 e. The molecule has 1 aliphatic heterocycles. The molecule has 0 unspecified atom stereocenters. The van der Waals surface area contributed by atoms with Crippen LogP contribution < -0.4 is 5.46 Å². The molecule has 1 fully saturated rings. The lowest BCUT2D eigenvalue weighted by Crippen LogP contribution is -2.41. The Morgan fingerprint density at radius 2 is 1.68 bits per heavy atom. The molecule has 0 amide bonds. The largest absolute Gasteiger partial charge is 0.496 e. The molecule has 0 bridgehead atoms. The fraction of sp³-hybridized carbons (Fsp3) is 0.500. The lowest BCUT2D eigenvalue weighted by Gasteiger charge is -2.32. The Hall–Kier alpha value is -1.38. The van der Waals surface area contributed by atoms with Gasteiger partial charge in [0.2, 0.25) is 0 Å². The summed E-state index contributed by atoms with van der Waals surface area (Å²) in [4.78, 5) is 0. The predicted octanol–water partition coefficient (Wildman–Crippen LogP) is 2.31. The Morgan fingerprint density at radius 3 is 2.16 bits per heavy atom. The van der Waals surface area contributed by atoms with Gasteiger partial charge < -0.3 is 9.31 Å². The molecular weight excluding hydrogens is 244 g/mol. The van der Waals surface area contributed by atoms with E-state index in [4.69, 9.17) is 9.31 Å². The third-order valence-corrected chi connectivity index (χ3v) is 4.05. The Morgan fingerprint density at radius 1 is 1.16 bits per heavy atom. The van der Waals surface area contributed by atoms with Gasteiger partial charge in [0.05, 0.1) is 22.8 Å². The van der Waals surface area contributed by atoms with Crippen LogP contribution in [0.15, 0.2) is 12.1 Å². The smallest absolute Gasteiger partial charge is 0.399 e. The monoisotopic (exact) mass is 261 g/mol. The lowest BCUT2D eigenvalue weighted by atomic mass is 9.75. The molecule has 1 saturated heterocycles. The molecule has 2 rings (SSSR count). The molecule has 1 aromatic rings. The van der Waals surface area contributed by atoms with E-state index >= 15 is 0 Å². The number of hydrogen-bond acceptors (Lipinski definition) is 3. The third kappa shape index (κ3) is 2.15. The summed E-state index contributed by atoms with van der Waals surface area (Å²) in [6.07, 6.45) is 0. The standard InChI is InChI=1S/C14H17BFNO2/c1-9-10(8-17)11(6-7-12(9)16)15-18-13(2,3)14(4,5)19-15/h6-7H,1-5H3. The van der Waals surface area contributed by atoms with Crippen molar-refractivity contribution in [2.75, 3.05) is 0 Å². The summed E-state index contributed by atoms with van der Waals surface area (Å²) in [5, 5.41) is 9.22. The average molecular weight is 261 g/mol. The van der Waals surface area contributed by atoms with Gasteiger partial charge in [-0.2, -0.15) is 5.26 Å². The molecule has 0 aromatic heterocycles. The van der Waals surface area contributed by atoms with Gasteiger partial charge in [0, 0.05) is 11.0 Å². The topological polar surface area (TPSA) is 42.2 Å². The van der Waals surface area contributed by atoms with Gasteiger partial charge in [0.25, 0.3) is 0 Å². The van der Waals surface area contributed by atoms with E-state index in [9.17, 15) is 9.65 Å². The van der Waals surface area contributed by atoms with E-state index in [1.165, 1.54) is 6.07 Å². The highest BCUT2D eigenvalue weighted by atomic mass is 19.1. The number of halogens is 1. The number of rotatable bonds is 1. The van der Waals surface area contributed by atoms with E-state index in [0.29, 0.717) is 16.6 Å². The Kier molecular flexibility index (Phi) is 3.20. The lowest BCUT2D eigenvalue weighted by molar-refractivity contribution is 0.00578. The molecule has 5 heteroatoms. The van der Waals surface area contributed by atoms with Gasteiger partial charge in [-0.1, -0.05) is 6.07 Å². The second-order valence-electron chi connectivity index (χ2n) is 5.84. The van der Waals surface area contributed by atoms with Crippen molar-refractivity contribution in [2.45, 2.75) is 45.8 Å². The van der Waals surface area contributed by atoms with Crippen LogP contribution in [0.4, 0.5) is 4.39 Å². The van der Waals surface area contributed by atoms with Crippen LogP contribution in [0.2, 0.25) is 0 Å². The van der Waals surface area contributed by atoms with Crippen molar-refractivity contribution in [1.82, 2.24) is 0 Å². The number of hydrogen-bond donors (Lipinski definition) is 0. The van der Waals surface area contributed by atoms with E-state index < -0.39 is 24.1 Å². The van der Waals surface area contributed by atoms with Gasteiger partial charge in [-0.25, -0.2) is 4.39 Å². The van der Waals surface area contributed by atoms with E-state index in [-0.39, 0.29) is 0 Å². The first-order chi connectivity index (χ1) is 8.69. The van der Waals surface area contributed by atoms with Crippen molar-refractivity contribution in [1.29, 1.82) is 5.26 Å². The quantitative estimate of drug-likeness (QED) is 0.728. The summed E-state index contributed by atoms with van der Waals surface area (Å²) in [5.41, 5.74) is 0.243. The summed E-state index contributed by atoms with van der Waals surface area (Å²) >= 11 is 0. The van der Waals surface area contributed by atoms with Gasteiger partial charge >= 0.3 is 7.12 Å². The van der Waals surface area contributed by atoms with E-state index in [1.807, 2.05) is 33.8 Å². The van der Waals surface area contributed by atoms with Gasteiger partial charge in [-0.3, -0.25) is 0 Å². The predicted molar refractivity (Wildman–Crippen MR) is 71.6 cm³/mol. The van der Waals surface area contributed by atoms with Crippen LogP contribution in [0.5, 0.6) is 0 Å². The number of benzene rings is 1. The first-order valence-corrected chi connectivity index (χ1v) is 6.24. The summed E-state index contributed by atoms with van der Waals surface area (Å²) < 4.78 is 25.3. The van der Waals surface area contributed by atoms with Crippen LogP contribution >= 0.6 is 0 Å². The van der Waals surface area contributed by atoms with Crippen molar-refractivity contribution in [3.05, 3.63) is 29.1 Å². The van der Waals surface area contributed by atoms with Crippen molar-refractivity contribution in [3.63, 3.8) is 0 Å². The molecule has 1 aliphatic rings. The summed E-state index contributed by atoms with van der Waals surface area (Å²) in [5.74, 6) is -0.392. The van der Waals surface area contributed by atoms with Crippen LogP contribution in [0.3, 0.4) is 0 Å². The molecule has 0 aliphatic carbocycles. The van der Waals surface area contributed by atoms with Gasteiger partial charge in [0.15, 0.2) is 0 Å². The minimum absolute atomic E-state index is 0.290. The van der Waals surface area contributed by atoms with Gasteiger partial charge in [-0.05, 0) is 40.7 Å². The highest BCUT2D eigenvalue weighted by molar-refractivity contribution is 6.62. The van der Waals surface area contributed by atoms with Gasteiger partial charge in [-0.15, -0.1) is 0 Å². The molecule has 1 heterocycles. The zero-order valence-electron chi connectivity index (χ0n) is 11.9. The zero-order chi connectivity index (χ0) is 14.4. The molecule has 0 saturated carbocycles. The number of nitriles is 1. The van der Waals surface area contributed by atoms with Crippen molar-refractivity contribution >= 4 is 12.6 Å². The van der Waals surface area contributed by atoms with Crippen LogP contribution in [0, 0.1) is 24.1 Å². The summed E-state index contributed by atoms with van der Waals surface area (Å²) in [7, 11) is -0.640. The normalized spacial score (nSPS) is 20.4. The van der Waals surface area contributed by atoms with E-state index in [2.05, 4.69) is 0 Å². The first-order valence-electron chi connectivity index (χ1n) is 6.24. The SMILES string of the molecule is Cc1c(F)ccc(B2OC(C)(C)C(C)(C)O2)c1C#N. The van der Waals surface area contributed by atoms with Crippen molar-refractivity contribution < 1.29 is 13.7 Å². The fourth-order valence-electron chi connectivity index (χ4n) is 2.02. The van der Waals surface area contributed by atoms with Gasteiger partial charge in [0.1, 0.15) is 5.82 Å². The fourth-order valence-corrected chi connectivity index (χ4v) is 2.02. The maximum Gasteiger partial charge on any atom is 0.496 e. The van der Waals surface area contributed by atoms with E-state index in [0.717, 1.165) is 0 Å². The second kappa shape index (κ2) is 4.33. The number of nitrogens with zero attached hydrogens (tertiary/aromatic N) is 1. The summed E-state index contributed by atoms with van der Waals surface area (Å²) in [6.45, 7) is 9.35. The first kappa shape index (κ1) is 14.0. The van der Waals surface area contributed by atoms with Crippen molar-refractivity contribution in [3.8, 4) is 6.07 Å². The molecule has 0 radical (unpaired) electrons.